The number of benzene rings is 1. The van der Waals surface area contributed by atoms with Crippen molar-refractivity contribution in [2.24, 2.45) is 11.8 Å². The average Bonchev–Trinajstić information content (AvgIpc) is 2.41. The van der Waals surface area contributed by atoms with E-state index in [0.29, 0.717) is 18.4 Å². The molecule has 3 nitrogen and oxygen atoms in total. The van der Waals surface area contributed by atoms with Crippen molar-refractivity contribution in [1.82, 2.24) is 0 Å². The standard InChI is InChI=1S/C16H18O3/c1-10-7-8-12(9-11(10)2)15(17)13-5-3-4-6-14(13)16(18)19/h3-4,7-9,13-14H,5-6H2,1-2H3,(H,18,19). The van der Waals surface area contributed by atoms with Crippen LogP contribution in [0.5, 0.6) is 0 Å². The molecule has 1 aliphatic carbocycles. The fourth-order valence-corrected chi connectivity index (χ4v) is 2.49. The Morgan fingerprint density at radius 3 is 2.26 bits per heavy atom. The number of rotatable bonds is 3. The number of Topliss-reactive ketones (excluding diaryl/α,β-unsaturated/α-hetero) is 1. The van der Waals surface area contributed by atoms with Crippen molar-refractivity contribution in [2.45, 2.75) is 26.7 Å². The summed E-state index contributed by atoms with van der Waals surface area (Å²) >= 11 is 0. The van der Waals surface area contributed by atoms with Crippen molar-refractivity contribution in [3.8, 4) is 0 Å². The maximum absolute atomic E-state index is 12.5. The summed E-state index contributed by atoms with van der Waals surface area (Å²) in [5.74, 6) is -1.98. The number of aliphatic carboxylic acids is 1. The maximum Gasteiger partial charge on any atom is 0.307 e. The first-order valence-electron chi connectivity index (χ1n) is 6.50. The van der Waals surface area contributed by atoms with E-state index in [1.165, 1.54) is 0 Å². The van der Waals surface area contributed by atoms with E-state index in [-0.39, 0.29) is 5.78 Å². The number of allylic oxidation sites excluding steroid dienone is 2. The molecule has 0 spiro atoms. The fourth-order valence-electron chi connectivity index (χ4n) is 2.49. The minimum absolute atomic E-state index is 0.0557. The molecular formula is C16H18O3. The lowest BCUT2D eigenvalue weighted by Gasteiger charge is -2.24. The number of carboxylic acid groups (broad SMARTS) is 1. The number of hydrogen-bond acceptors (Lipinski definition) is 2. The Morgan fingerprint density at radius 2 is 1.68 bits per heavy atom. The van der Waals surface area contributed by atoms with Crippen LogP contribution >= 0.6 is 0 Å². The molecule has 0 bridgehead atoms. The van der Waals surface area contributed by atoms with Crippen LogP contribution in [0, 0.1) is 25.7 Å². The van der Waals surface area contributed by atoms with Gasteiger partial charge in [-0.3, -0.25) is 9.59 Å². The Balaban J connectivity index is 2.29. The lowest BCUT2D eigenvalue weighted by atomic mass is 9.78. The van der Waals surface area contributed by atoms with Crippen LogP contribution in [-0.4, -0.2) is 16.9 Å². The second-order valence-electron chi connectivity index (χ2n) is 5.16. The van der Waals surface area contributed by atoms with Crippen molar-refractivity contribution < 1.29 is 14.7 Å². The van der Waals surface area contributed by atoms with Crippen LogP contribution in [-0.2, 0) is 4.79 Å². The smallest absolute Gasteiger partial charge is 0.307 e. The van der Waals surface area contributed by atoms with E-state index in [0.717, 1.165) is 11.1 Å². The van der Waals surface area contributed by atoms with Gasteiger partial charge in [0.05, 0.1) is 5.92 Å². The number of carbonyl (C=O) groups excluding carboxylic acids is 1. The van der Waals surface area contributed by atoms with Gasteiger partial charge in [-0.1, -0.05) is 24.3 Å². The van der Waals surface area contributed by atoms with Gasteiger partial charge in [0, 0.05) is 11.5 Å². The highest BCUT2D eigenvalue weighted by atomic mass is 16.4. The van der Waals surface area contributed by atoms with Crippen molar-refractivity contribution in [2.75, 3.05) is 0 Å². The molecule has 1 aromatic carbocycles. The highest BCUT2D eigenvalue weighted by molar-refractivity contribution is 6.00. The average molecular weight is 258 g/mol. The summed E-state index contributed by atoms with van der Waals surface area (Å²) < 4.78 is 0. The summed E-state index contributed by atoms with van der Waals surface area (Å²) in [6, 6.07) is 5.56. The van der Waals surface area contributed by atoms with Crippen LogP contribution in [0.2, 0.25) is 0 Å². The lowest BCUT2D eigenvalue weighted by Crippen LogP contribution is -2.31. The highest BCUT2D eigenvalue weighted by Crippen LogP contribution is 2.29. The van der Waals surface area contributed by atoms with Gasteiger partial charge in [-0.2, -0.15) is 0 Å². The Morgan fingerprint density at radius 1 is 1.05 bits per heavy atom. The van der Waals surface area contributed by atoms with E-state index in [4.69, 9.17) is 0 Å². The molecule has 100 valence electrons. The Hall–Kier alpha value is -1.90. The maximum atomic E-state index is 12.5. The van der Waals surface area contributed by atoms with E-state index in [1.807, 2.05) is 38.1 Å². The number of hydrogen-bond donors (Lipinski definition) is 1. The molecule has 2 atom stereocenters. The van der Waals surface area contributed by atoms with Crippen molar-refractivity contribution in [3.05, 3.63) is 47.0 Å². The van der Waals surface area contributed by atoms with Crippen molar-refractivity contribution in [1.29, 1.82) is 0 Å². The van der Waals surface area contributed by atoms with Crippen LogP contribution in [0.25, 0.3) is 0 Å². The van der Waals surface area contributed by atoms with E-state index < -0.39 is 17.8 Å². The topological polar surface area (TPSA) is 54.4 Å². The van der Waals surface area contributed by atoms with Crippen LogP contribution in [0.3, 0.4) is 0 Å². The van der Waals surface area contributed by atoms with Gasteiger partial charge >= 0.3 is 5.97 Å². The molecule has 1 N–H and O–H groups in total. The summed E-state index contributed by atoms with van der Waals surface area (Å²) in [7, 11) is 0. The van der Waals surface area contributed by atoms with Crippen LogP contribution in [0.15, 0.2) is 30.4 Å². The Bertz CT molecular complexity index is 543. The molecule has 0 saturated heterocycles. The van der Waals surface area contributed by atoms with Gasteiger partial charge < -0.3 is 5.11 Å². The predicted molar refractivity (Wildman–Crippen MR) is 73.2 cm³/mol. The summed E-state index contributed by atoms with van der Waals surface area (Å²) in [6.45, 7) is 3.95. The van der Waals surface area contributed by atoms with Crippen molar-refractivity contribution >= 4 is 11.8 Å². The zero-order chi connectivity index (χ0) is 14.0. The molecule has 1 aliphatic rings. The molecule has 1 aromatic rings. The number of carboxylic acids is 1. The minimum Gasteiger partial charge on any atom is -0.481 e. The third kappa shape index (κ3) is 2.75. The first-order valence-corrected chi connectivity index (χ1v) is 6.50. The van der Waals surface area contributed by atoms with E-state index in [1.54, 1.807) is 6.07 Å². The summed E-state index contributed by atoms with van der Waals surface area (Å²) in [5.41, 5.74) is 2.81. The van der Waals surface area contributed by atoms with E-state index in [9.17, 15) is 14.7 Å². The molecule has 0 heterocycles. The van der Waals surface area contributed by atoms with Gasteiger partial charge in [0.1, 0.15) is 0 Å². The highest BCUT2D eigenvalue weighted by Gasteiger charge is 2.34. The molecule has 19 heavy (non-hydrogen) atoms. The van der Waals surface area contributed by atoms with Gasteiger partial charge in [0.25, 0.3) is 0 Å². The molecule has 0 fully saturated rings. The zero-order valence-electron chi connectivity index (χ0n) is 11.2. The van der Waals surface area contributed by atoms with Crippen LogP contribution in [0.1, 0.15) is 34.3 Å². The zero-order valence-corrected chi connectivity index (χ0v) is 11.2. The summed E-state index contributed by atoms with van der Waals surface area (Å²) in [4.78, 5) is 23.7. The van der Waals surface area contributed by atoms with Crippen LogP contribution in [0.4, 0.5) is 0 Å². The second kappa shape index (κ2) is 5.39. The molecule has 3 heteroatoms. The molecular weight excluding hydrogens is 240 g/mol. The number of aryl methyl sites for hydroxylation is 2. The van der Waals surface area contributed by atoms with Crippen molar-refractivity contribution in [3.63, 3.8) is 0 Å². The lowest BCUT2D eigenvalue weighted by molar-refractivity contribution is -0.143. The van der Waals surface area contributed by atoms with Gasteiger partial charge in [-0.05, 0) is 43.9 Å². The number of ketones is 1. The summed E-state index contributed by atoms with van der Waals surface area (Å²) in [5, 5.41) is 9.22. The van der Waals surface area contributed by atoms with Gasteiger partial charge in [0.2, 0.25) is 0 Å². The fraction of sp³-hybridized carbons (Fsp3) is 0.375. The Labute approximate surface area is 113 Å². The first-order chi connectivity index (χ1) is 9.00. The van der Waals surface area contributed by atoms with Crippen LogP contribution < -0.4 is 0 Å². The molecule has 0 radical (unpaired) electrons. The summed E-state index contributed by atoms with van der Waals surface area (Å²) in [6.07, 6.45) is 4.71. The van der Waals surface area contributed by atoms with Gasteiger partial charge in [0.15, 0.2) is 5.78 Å². The van der Waals surface area contributed by atoms with Gasteiger partial charge in [-0.15, -0.1) is 0 Å². The Kier molecular flexibility index (Phi) is 3.84. The molecule has 2 rings (SSSR count). The predicted octanol–water partition coefficient (Wildman–Crippen LogP) is 3.15. The third-order valence-corrected chi connectivity index (χ3v) is 3.88. The third-order valence-electron chi connectivity index (χ3n) is 3.88. The minimum atomic E-state index is -0.883. The van der Waals surface area contributed by atoms with Gasteiger partial charge in [-0.25, -0.2) is 0 Å². The second-order valence-corrected chi connectivity index (χ2v) is 5.16. The molecule has 0 aliphatic heterocycles. The monoisotopic (exact) mass is 258 g/mol. The first kappa shape index (κ1) is 13.5. The molecule has 0 amide bonds. The SMILES string of the molecule is Cc1ccc(C(=O)C2CC=CCC2C(=O)O)cc1C. The molecule has 0 saturated carbocycles. The largest absolute Gasteiger partial charge is 0.481 e. The normalized spacial score (nSPS) is 22.2. The van der Waals surface area contributed by atoms with E-state index in [2.05, 4.69) is 0 Å². The van der Waals surface area contributed by atoms with E-state index >= 15 is 0 Å². The molecule has 2 unspecified atom stereocenters. The number of carbonyl (C=O) groups is 2. The molecule has 0 aromatic heterocycles. The quantitative estimate of drug-likeness (QED) is 0.669.